The van der Waals surface area contributed by atoms with Crippen LogP contribution in [0.15, 0.2) is 0 Å². The molecule has 0 bridgehead atoms. The number of benzene rings is 2. The number of hydrogen-bond donors (Lipinski definition) is 0. The zero-order chi connectivity index (χ0) is 27.5. The molecule has 2 aromatic rings. The Bertz CT molecular complexity index is 1210. The molecule has 2 fully saturated rings. The van der Waals surface area contributed by atoms with E-state index in [4.69, 9.17) is 167 Å². The first-order valence-corrected chi connectivity index (χ1v) is 18.2. The summed E-state index contributed by atoms with van der Waals surface area (Å²) in [6.07, 6.45) is 0. The van der Waals surface area contributed by atoms with Gasteiger partial charge in [-0.3, -0.25) is 18.1 Å². The summed E-state index contributed by atoms with van der Waals surface area (Å²) >= 11 is 72.1. The van der Waals surface area contributed by atoms with Crippen molar-refractivity contribution < 1.29 is 27.1 Å². The fourth-order valence-electron chi connectivity index (χ4n) is 2.85. The quantitative estimate of drug-likeness (QED) is 0.172. The zero-order valence-corrected chi connectivity index (χ0v) is 28.2. The molecule has 0 unspecified atom stereocenters. The molecule has 2 heterocycles. The van der Waals surface area contributed by atoms with Crippen LogP contribution in [0.3, 0.4) is 0 Å². The van der Waals surface area contributed by atoms with Gasteiger partial charge in [-0.15, -0.1) is 0 Å². The lowest BCUT2D eigenvalue weighted by molar-refractivity contribution is -0.0689. The first-order valence-electron chi connectivity index (χ1n) is 9.33. The predicted molar refractivity (Wildman–Crippen MR) is 159 cm³/mol. The Morgan fingerprint density at radius 1 is 0.459 bits per heavy atom. The number of hydrogen-bond acceptors (Lipinski definition) is 8. The van der Waals surface area contributed by atoms with Crippen molar-refractivity contribution in [1.29, 1.82) is 0 Å². The SMILES string of the molecule is S=P1(Oc2c(Cl)c(Cl)c(Cl)c(Cl)c2Cl)OCC2(CO1)COP(=S)(Oc1c(Cl)c(Cl)c(Cl)c(Cl)c1Cl)OC2. The van der Waals surface area contributed by atoms with Crippen LogP contribution in [-0.2, 0) is 41.7 Å². The van der Waals surface area contributed by atoms with E-state index >= 15 is 0 Å². The van der Waals surface area contributed by atoms with Gasteiger partial charge < -0.3 is 9.05 Å². The molecule has 2 aromatic carbocycles. The Labute approximate surface area is 271 Å². The summed E-state index contributed by atoms with van der Waals surface area (Å²) in [5.74, 6) is -0.229. The fraction of sp³-hybridized carbons (Fsp3) is 0.294. The molecule has 37 heavy (non-hydrogen) atoms. The Morgan fingerprint density at radius 2 is 0.676 bits per heavy atom. The van der Waals surface area contributed by atoms with Crippen molar-refractivity contribution in [3.8, 4) is 11.5 Å². The van der Waals surface area contributed by atoms with Gasteiger partial charge in [-0.1, -0.05) is 116 Å². The maximum absolute atomic E-state index is 6.22. The van der Waals surface area contributed by atoms with Gasteiger partial charge in [-0.05, 0) is 0 Å². The minimum atomic E-state index is -3.38. The van der Waals surface area contributed by atoms with E-state index in [1.807, 2.05) is 0 Å². The second-order valence-electron chi connectivity index (χ2n) is 7.47. The molecule has 2 saturated heterocycles. The van der Waals surface area contributed by atoms with E-state index in [1.54, 1.807) is 0 Å². The molecule has 1 spiro atoms. The summed E-state index contributed by atoms with van der Waals surface area (Å²) in [4.78, 5) is 0. The topological polar surface area (TPSA) is 55.4 Å². The van der Waals surface area contributed by atoms with Crippen molar-refractivity contribution in [1.82, 2.24) is 0 Å². The third-order valence-corrected chi connectivity index (χ3v) is 13.7. The van der Waals surface area contributed by atoms with Crippen molar-refractivity contribution in [2.75, 3.05) is 26.4 Å². The van der Waals surface area contributed by atoms with Crippen LogP contribution in [-0.4, -0.2) is 26.4 Å². The number of halogens is 10. The van der Waals surface area contributed by atoms with E-state index in [1.165, 1.54) is 0 Å². The van der Waals surface area contributed by atoms with Crippen molar-refractivity contribution in [3.63, 3.8) is 0 Å². The maximum Gasteiger partial charge on any atom is 0.380 e. The van der Waals surface area contributed by atoms with E-state index < -0.39 is 18.9 Å². The Morgan fingerprint density at radius 3 is 0.919 bits per heavy atom. The average molecular weight is 789 g/mol. The highest BCUT2D eigenvalue weighted by Crippen LogP contribution is 2.63. The van der Waals surface area contributed by atoms with Gasteiger partial charge in [0.1, 0.15) is 20.1 Å². The highest BCUT2D eigenvalue weighted by molar-refractivity contribution is 8.08. The summed E-state index contributed by atoms with van der Waals surface area (Å²) in [6, 6.07) is 0. The lowest BCUT2D eigenvalue weighted by Crippen LogP contribution is -2.46. The summed E-state index contributed by atoms with van der Waals surface area (Å²) < 4.78 is 34.6. The summed E-state index contributed by atoms with van der Waals surface area (Å²) in [7, 11) is 0. The van der Waals surface area contributed by atoms with Crippen LogP contribution in [0.25, 0.3) is 0 Å². The molecule has 0 N–H and O–H groups in total. The van der Waals surface area contributed by atoms with Crippen molar-refractivity contribution in [2.45, 2.75) is 0 Å². The third kappa shape index (κ3) is 6.39. The molecule has 204 valence electrons. The van der Waals surface area contributed by atoms with E-state index in [2.05, 4.69) is 0 Å². The molecule has 6 nitrogen and oxygen atoms in total. The van der Waals surface area contributed by atoms with Gasteiger partial charge in [0.25, 0.3) is 0 Å². The van der Waals surface area contributed by atoms with Gasteiger partial charge >= 0.3 is 13.4 Å². The largest absolute Gasteiger partial charge is 0.421 e. The van der Waals surface area contributed by atoms with Crippen LogP contribution in [0.1, 0.15) is 0 Å². The standard InChI is InChI=1S/C17H8Cl10O6P2S2/c18-5-7(20)11(24)15(12(25)8(5)21)32-34(36)28-1-17(2-29-34)3-30-35(37,31-4-17)33-16-13(26)9(22)6(19)10(23)14(16)27/h1-4H2. The molecule has 4 rings (SSSR count). The second-order valence-corrected chi connectivity index (χ2v) is 17.1. The fourth-order valence-corrected chi connectivity index (χ4v) is 9.44. The molecular weight excluding hydrogens is 781 g/mol. The summed E-state index contributed by atoms with van der Waals surface area (Å²) in [5, 5.41) is -0.716. The smallest absolute Gasteiger partial charge is 0.380 e. The van der Waals surface area contributed by atoms with Gasteiger partial charge in [0.2, 0.25) is 0 Å². The first-order chi connectivity index (χ1) is 17.1. The molecule has 0 aliphatic carbocycles. The van der Waals surface area contributed by atoms with Gasteiger partial charge in [-0.25, -0.2) is 0 Å². The van der Waals surface area contributed by atoms with Gasteiger partial charge in [0.15, 0.2) is 11.5 Å². The Kier molecular flexibility index (Phi) is 10.4. The van der Waals surface area contributed by atoms with Crippen LogP contribution < -0.4 is 9.05 Å². The van der Waals surface area contributed by atoms with Crippen LogP contribution in [0.2, 0.25) is 50.2 Å². The Hall–Kier alpha value is 2.08. The highest BCUT2D eigenvalue weighted by atomic mass is 35.5. The molecule has 2 aliphatic rings. The lowest BCUT2D eigenvalue weighted by atomic mass is 9.93. The lowest BCUT2D eigenvalue weighted by Gasteiger charge is -2.44. The molecule has 2 aliphatic heterocycles. The molecule has 0 aromatic heterocycles. The maximum atomic E-state index is 6.22. The normalized spacial score (nSPS) is 27.9. The third-order valence-electron chi connectivity index (χ3n) is 4.86. The Balaban J connectivity index is 1.45. The number of rotatable bonds is 4. The summed E-state index contributed by atoms with van der Waals surface area (Å²) in [6.45, 7) is -6.70. The first kappa shape index (κ1) is 32.0. The van der Waals surface area contributed by atoms with E-state index in [0.29, 0.717) is 0 Å². The minimum Gasteiger partial charge on any atom is -0.421 e. The van der Waals surface area contributed by atoms with Gasteiger partial charge in [0.05, 0.1) is 62.0 Å². The van der Waals surface area contributed by atoms with E-state index in [9.17, 15) is 0 Å². The molecule has 0 saturated carbocycles. The van der Waals surface area contributed by atoms with Crippen LogP contribution in [0, 0.1) is 5.41 Å². The summed E-state index contributed by atoms with van der Waals surface area (Å²) in [5.41, 5.74) is -0.789. The van der Waals surface area contributed by atoms with Crippen molar-refractivity contribution >= 4 is 153 Å². The molecule has 0 radical (unpaired) electrons. The molecule has 20 heteroatoms. The monoisotopic (exact) mass is 784 g/mol. The predicted octanol–water partition coefficient (Wildman–Crippen LogP) is 11.2. The van der Waals surface area contributed by atoms with Crippen LogP contribution >= 0.6 is 129 Å². The van der Waals surface area contributed by atoms with E-state index in [-0.39, 0.29) is 88.2 Å². The molecule has 0 amide bonds. The minimum absolute atomic E-state index is 0.0179. The van der Waals surface area contributed by atoms with Gasteiger partial charge in [-0.2, -0.15) is 0 Å². The van der Waals surface area contributed by atoms with Crippen LogP contribution in [0.5, 0.6) is 11.5 Å². The molecule has 0 atom stereocenters. The van der Waals surface area contributed by atoms with Gasteiger partial charge in [0, 0.05) is 23.6 Å². The van der Waals surface area contributed by atoms with Crippen molar-refractivity contribution in [2.24, 2.45) is 5.41 Å². The molecular formula is C17H8Cl10O6P2S2. The zero-order valence-electron chi connectivity index (χ0n) is 17.3. The van der Waals surface area contributed by atoms with E-state index in [0.717, 1.165) is 0 Å². The van der Waals surface area contributed by atoms with Crippen LogP contribution in [0.4, 0.5) is 0 Å². The second kappa shape index (κ2) is 12.0. The highest BCUT2D eigenvalue weighted by Gasteiger charge is 2.48. The average Bonchev–Trinajstić information content (AvgIpc) is 2.88. The van der Waals surface area contributed by atoms with Crippen molar-refractivity contribution in [3.05, 3.63) is 50.2 Å².